The minimum absolute atomic E-state index is 0.0591. The molecule has 0 heterocycles. The van der Waals surface area contributed by atoms with Crippen LogP contribution in [0, 0.1) is 11.8 Å². The third-order valence-electron chi connectivity index (χ3n) is 14.9. The molecule has 8 heteroatoms. The molecule has 0 saturated heterocycles. The van der Waals surface area contributed by atoms with Crippen LogP contribution < -0.4 is 20.7 Å². The van der Waals surface area contributed by atoms with E-state index in [1.54, 1.807) is 20.7 Å². The first-order chi connectivity index (χ1) is 28.4. The third kappa shape index (κ3) is 8.91. The Balaban J connectivity index is 1.70. The minimum atomic E-state index is -5.09. The van der Waals surface area contributed by atoms with Gasteiger partial charge in [-0.05, 0) is 0 Å². The Morgan fingerprint density at radius 2 is 0.790 bits per heavy atom. The molecule has 0 aromatic heterocycles. The van der Waals surface area contributed by atoms with Crippen LogP contribution in [0.15, 0.2) is 71.8 Å². The molecule has 2 atom stereocenters. The summed E-state index contributed by atoms with van der Waals surface area (Å²) in [6.45, 7) is 49.4. The van der Waals surface area contributed by atoms with E-state index in [1.165, 1.54) is 66.8 Å². The average molecular weight is 1030 g/mol. The van der Waals surface area contributed by atoms with Gasteiger partial charge in [-0.1, -0.05) is 0 Å². The molecular weight excluding hydrogens is 951 g/mol. The zero-order valence-corrected chi connectivity index (χ0v) is 51.6. The average Bonchev–Trinajstić information content (AvgIpc) is 3.77. The summed E-state index contributed by atoms with van der Waals surface area (Å²) in [4.78, 5) is 0. The van der Waals surface area contributed by atoms with Crippen LogP contribution >= 0.6 is 17.0 Å². The SMILES string of the molecule is CCc1ccc2c(c1-c1cc([Si](C)(C)C)cc([Si](C)(C)C)c1)C=C(C(C)C)[CH]2[Zr]([Cl])([Cl])([CH]1C(C(C)C)=Cc2c1ccc(CC)c2-c1cc([Si](C)(C)C)cc([Si](C)(C)C)c1)[SiH](C)C. The van der Waals surface area contributed by atoms with Crippen molar-refractivity contribution in [2.24, 2.45) is 11.8 Å². The van der Waals surface area contributed by atoms with Crippen LogP contribution in [0.25, 0.3) is 34.4 Å². The molecule has 0 saturated carbocycles. The zero-order chi connectivity index (χ0) is 46.5. The van der Waals surface area contributed by atoms with Crippen molar-refractivity contribution >= 4 is 88.1 Å². The monoisotopic (exact) mass is 1030 g/mol. The summed E-state index contributed by atoms with van der Waals surface area (Å²) in [5, 5.41) is 6.25. The molecule has 0 N–H and O–H groups in total. The molecule has 2 aliphatic carbocycles. The van der Waals surface area contributed by atoms with Gasteiger partial charge in [0, 0.05) is 0 Å². The van der Waals surface area contributed by atoms with Crippen LogP contribution in [0.3, 0.4) is 0 Å². The van der Waals surface area contributed by atoms with Gasteiger partial charge in [-0.2, -0.15) is 0 Å². The molecule has 62 heavy (non-hydrogen) atoms. The molecule has 4 aromatic rings. The fourth-order valence-electron chi connectivity index (χ4n) is 10.6. The maximum atomic E-state index is 9.14. The van der Waals surface area contributed by atoms with Crippen molar-refractivity contribution in [2.75, 3.05) is 0 Å². The van der Waals surface area contributed by atoms with Crippen molar-refractivity contribution in [3.05, 3.63) is 105 Å². The Morgan fingerprint density at radius 3 is 1.02 bits per heavy atom. The second-order valence-corrected chi connectivity index (χ2v) is 87.2. The van der Waals surface area contributed by atoms with E-state index in [-0.39, 0.29) is 7.25 Å². The van der Waals surface area contributed by atoms with Gasteiger partial charge in [-0.3, -0.25) is 0 Å². The van der Waals surface area contributed by atoms with E-state index < -0.39 is 53.8 Å². The van der Waals surface area contributed by atoms with Crippen molar-refractivity contribution in [3.8, 4) is 22.3 Å². The molecule has 0 spiro atoms. The topological polar surface area (TPSA) is 0 Å². The summed E-state index contributed by atoms with van der Waals surface area (Å²) < 4.78 is 0.118. The van der Waals surface area contributed by atoms with Crippen molar-refractivity contribution < 1.29 is 15.6 Å². The molecule has 0 fully saturated rings. The van der Waals surface area contributed by atoms with Gasteiger partial charge in [0.05, 0.1) is 0 Å². The zero-order valence-electron chi connectivity index (χ0n) is 42.5. The number of halogens is 2. The van der Waals surface area contributed by atoms with E-state index >= 15 is 0 Å². The summed E-state index contributed by atoms with van der Waals surface area (Å²) in [7, 11) is 11.8. The molecule has 4 aromatic carbocycles. The summed E-state index contributed by atoms with van der Waals surface area (Å²) in [5.41, 5.74) is 17.1. The fraction of sp³-hybridized carbons (Fsp3) is 0.481. The first-order valence-corrected chi connectivity index (χ1v) is 54.3. The Labute approximate surface area is 392 Å². The molecule has 0 aliphatic heterocycles. The van der Waals surface area contributed by atoms with Gasteiger partial charge in [0.25, 0.3) is 0 Å². The van der Waals surface area contributed by atoms with E-state index in [0.717, 1.165) is 12.8 Å². The summed E-state index contributed by atoms with van der Waals surface area (Å²) in [6, 6.07) is 25.4. The standard InChI is InChI=1S/2C26H37Si2.C2H7Si.2ClH.Zr/c2*1-10-19-11-12-20-13-21(18(2)3)16-25(20)26(19)22-14-23(27(4,5)6)17-24(15-22)28(7,8)9;1-3-2;;;/h2*11-18H,10H2,1-9H3;3H,1-2H3;2*1H;/q;;;;;+2/p-2. The quantitative estimate of drug-likeness (QED) is 0.117. The number of aryl methyl sites for hydroxylation is 2. The summed E-state index contributed by atoms with van der Waals surface area (Å²) >= 11 is -5.09. The van der Waals surface area contributed by atoms with Gasteiger partial charge in [-0.15, -0.1) is 0 Å². The molecule has 6 rings (SSSR count). The Morgan fingerprint density at radius 1 is 0.500 bits per heavy atom. The van der Waals surface area contributed by atoms with Crippen molar-refractivity contribution in [2.45, 2.75) is 153 Å². The number of benzene rings is 4. The molecule has 0 amide bonds. The van der Waals surface area contributed by atoms with Crippen LogP contribution in [0.5, 0.6) is 0 Å². The van der Waals surface area contributed by atoms with Gasteiger partial charge in [0.15, 0.2) is 0 Å². The number of allylic oxidation sites excluding steroid dienone is 2. The van der Waals surface area contributed by atoms with Gasteiger partial charge >= 0.3 is 396 Å². The van der Waals surface area contributed by atoms with E-state index in [4.69, 9.17) is 17.0 Å². The van der Waals surface area contributed by atoms with E-state index in [2.05, 4.69) is 206 Å². The van der Waals surface area contributed by atoms with Gasteiger partial charge in [0.1, 0.15) is 0 Å². The van der Waals surface area contributed by atoms with Crippen LogP contribution in [0.4, 0.5) is 0 Å². The van der Waals surface area contributed by atoms with E-state index in [1.807, 2.05) is 0 Å². The number of hydrogen-bond donors (Lipinski definition) is 0. The van der Waals surface area contributed by atoms with Crippen LogP contribution in [-0.2, 0) is 28.4 Å². The first kappa shape index (κ1) is 50.3. The number of rotatable bonds is 13. The Bertz CT molecular complexity index is 2230. The molecular formula is C54H81Cl2Si5Zr. The third-order valence-corrected chi connectivity index (χ3v) is 74.6. The second-order valence-electron chi connectivity index (χ2n) is 24.4. The summed E-state index contributed by atoms with van der Waals surface area (Å²) in [6.07, 6.45) is 7.21. The molecule has 0 radical (unpaired) electrons. The van der Waals surface area contributed by atoms with Crippen LogP contribution in [-0.4, -0.2) is 38.2 Å². The molecule has 0 nitrogen and oxygen atoms in total. The van der Waals surface area contributed by atoms with Crippen molar-refractivity contribution in [1.82, 2.24) is 0 Å². The maximum absolute atomic E-state index is 9.14. The predicted molar refractivity (Wildman–Crippen MR) is 296 cm³/mol. The normalized spacial score (nSPS) is 18.0. The second kappa shape index (κ2) is 17.2. The summed E-state index contributed by atoms with van der Waals surface area (Å²) in [5.74, 6) is -1.11. The number of fused-ring (bicyclic) bond motifs is 2. The van der Waals surface area contributed by atoms with Crippen molar-refractivity contribution in [3.63, 3.8) is 0 Å². The predicted octanol–water partition coefficient (Wildman–Crippen LogP) is 15.2. The van der Waals surface area contributed by atoms with Crippen molar-refractivity contribution in [1.29, 1.82) is 0 Å². The molecule has 2 aliphatic rings. The van der Waals surface area contributed by atoms with Gasteiger partial charge < -0.3 is 0 Å². The number of hydrogen-bond acceptors (Lipinski definition) is 0. The van der Waals surface area contributed by atoms with Crippen LogP contribution in [0.1, 0.15) is 82.2 Å². The molecule has 335 valence electrons. The van der Waals surface area contributed by atoms with Gasteiger partial charge in [0.2, 0.25) is 0 Å². The molecule has 2 unspecified atom stereocenters. The Kier molecular flexibility index (Phi) is 14.0. The first-order valence-electron chi connectivity index (χ1n) is 24.0. The van der Waals surface area contributed by atoms with E-state index in [9.17, 15) is 0 Å². The Hall–Kier alpha value is -1.09. The molecule has 0 bridgehead atoms. The fourth-order valence-corrected chi connectivity index (χ4v) is 47.1. The van der Waals surface area contributed by atoms with E-state index in [0.29, 0.717) is 11.8 Å². The van der Waals surface area contributed by atoms with Gasteiger partial charge in [-0.25, -0.2) is 0 Å². The van der Waals surface area contributed by atoms with Crippen LogP contribution in [0.2, 0.25) is 91.7 Å².